The molecular formula is C15H22ClN3O2. The Balaban J connectivity index is 0.00000220. The number of hydrogen-bond acceptors (Lipinski definition) is 4. The standard InChI is InChI=1S/C15H21N3O2.ClH/c1-12(19)13-4-2-5-14(10-13)17-15(20)11-18-8-3-6-16-7-9-18;/h2,4-5,10,16H,3,6-9,11H2,1H3,(H,17,20);1H. The molecule has 1 amide bonds. The lowest BCUT2D eigenvalue weighted by molar-refractivity contribution is -0.117. The van der Waals surface area contributed by atoms with E-state index in [1.165, 1.54) is 6.92 Å². The van der Waals surface area contributed by atoms with Gasteiger partial charge in [0.15, 0.2) is 5.78 Å². The topological polar surface area (TPSA) is 61.4 Å². The molecule has 2 rings (SSSR count). The maximum Gasteiger partial charge on any atom is 0.238 e. The summed E-state index contributed by atoms with van der Waals surface area (Å²) in [5.41, 5.74) is 1.29. The Labute approximate surface area is 131 Å². The average molecular weight is 312 g/mol. The van der Waals surface area contributed by atoms with Gasteiger partial charge in [-0.1, -0.05) is 12.1 Å². The van der Waals surface area contributed by atoms with Gasteiger partial charge in [0.2, 0.25) is 5.91 Å². The fourth-order valence-electron chi connectivity index (χ4n) is 2.28. The van der Waals surface area contributed by atoms with Gasteiger partial charge in [0, 0.05) is 24.3 Å². The molecule has 1 aromatic rings. The summed E-state index contributed by atoms with van der Waals surface area (Å²) < 4.78 is 0. The molecular weight excluding hydrogens is 290 g/mol. The second kappa shape index (κ2) is 8.77. The summed E-state index contributed by atoms with van der Waals surface area (Å²) >= 11 is 0. The zero-order valence-electron chi connectivity index (χ0n) is 12.2. The Morgan fingerprint density at radius 1 is 1.29 bits per heavy atom. The van der Waals surface area contributed by atoms with Crippen LogP contribution in [0.4, 0.5) is 5.69 Å². The van der Waals surface area contributed by atoms with Gasteiger partial charge in [0.1, 0.15) is 0 Å². The first-order valence-corrected chi connectivity index (χ1v) is 6.99. The van der Waals surface area contributed by atoms with E-state index in [1.54, 1.807) is 24.3 Å². The number of ketones is 1. The Bertz CT molecular complexity index is 486. The van der Waals surface area contributed by atoms with Crippen molar-refractivity contribution < 1.29 is 9.59 Å². The molecule has 0 bridgehead atoms. The van der Waals surface area contributed by atoms with Crippen LogP contribution in [0.25, 0.3) is 0 Å². The van der Waals surface area contributed by atoms with Crippen molar-refractivity contribution in [3.05, 3.63) is 29.8 Å². The maximum absolute atomic E-state index is 12.0. The van der Waals surface area contributed by atoms with Gasteiger partial charge in [-0.3, -0.25) is 14.5 Å². The van der Waals surface area contributed by atoms with E-state index in [2.05, 4.69) is 15.5 Å². The number of carbonyl (C=O) groups excluding carboxylic acids is 2. The molecule has 1 aliphatic rings. The van der Waals surface area contributed by atoms with E-state index in [1.807, 2.05) is 0 Å². The van der Waals surface area contributed by atoms with E-state index in [-0.39, 0.29) is 24.1 Å². The van der Waals surface area contributed by atoms with E-state index in [0.29, 0.717) is 17.8 Å². The van der Waals surface area contributed by atoms with Crippen molar-refractivity contribution in [3.8, 4) is 0 Å². The van der Waals surface area contributed by atoms with Gasteiger partial charge in [0.05, 0.1) is 6.54 Å². The Hall–Kier alpha value is -1.43. The van der Waals surface area contributed by atoms with Gasteiger partial charge in [-0.05, 0) is 38.6 Å². The lowest BCUT2D eigenvalue weighted by atomic mass is 10.1. The molecule has 1 aromatic carbocycles. The molecule has 0 spiro atoms. The van der Waals surface area contributed by atoms with Crippen molar-refractivity contribution in [1.82, 2.24) is 10.2 Å². The van der Waals surface area contributed by atoms with Crippen LogP contribution in [0, 0.1) is 0 Å². The van der Waals surface area contributed by atoms with Crippen LogP contribution in [-0.2, 0) is 4.79 Å². The molecule has 1 aliphatic heterocycles. The first-order valence-electron chi connectivity index (χ1n) is 6.99. The van der Waals surface area contributed by atoms with E-state index >= 15 is 0 Å². The van der Waals surface area contributed by atoms with Crippen LogP contribution < -0.4 is 10.6 Å². The van der Waals surface area contributed by atoms with Gasteiger partial charge in [-0.2, -0.15) is 0 Å². The SMILES string of the molecule is CC(=O)c1cccc(NC(=O)CN2CCCNCC2)c1.Cl. The minimum Gasteiger partial charge on any atom is -0.325 e. The van der Waals surface area contributed by atoms with Gasteiger partial charge in [-0.15, -0.1) is 12.4 Å². The number of nitrogens with zero attached hydrogens (tertiary/aromatic N) is 1. The molecule has 1 fully saturated rings. The third-order valence-electron chi connectivity index (χ3n) is 3.35. The molecule has 1 saturated heterocycles. The molecule has 0 aromatic heterocycles. The third kappa shape index (κ3) is 5.83. The van der Waals surface area contributed by atoms with Crippen LogP contribution in [0.5, 0.6) is 0 Å². The van der Waals surface area contributed by atoms with Gasteiger partial charge >= 0.3 is 0 Å². The predicted molar refractivity (Wildman–Crippen MR) is 86.3 cm³/mol. The predicted octanol–water partition coefficient (Wildman–Crippen LogP) is 1.54. The summed E-state index contributed by atoms with van der Waals surface area (Å²) in [6.45, 7) is 5.68. The number of rotatable bonds is 4. The molecule has 2 N–H and O–H groups in total. The second-order valence-corrected chi connectivity index (χ2v) is 5.06. The summed E-state index contributed by atoms with van der Waals surface area (Å²) in [4.78, 5) is 25.5. The Morgan fingerprint density at radius 2 is 2.10 bits per heavy atom. The molecule has 1 heterocycles. The van der Waals surface area contributed by atoms with Crippen LogP contribution in [0.1, 0.15) is 23.7 Å². The quantitative estimate of drug-likeness (QED) is 0.828. The summed E-state index contributed by atoms with van der Waals surface area (Å²) in [7, 11) is 0. The average Bonchev–Trinajstić information content (AvgIpc) is 2.67. The van der Waals surface area contributed by atoms with Gasteiger partial charge < -0.3 is 10.6 Å². The molecule has 0 radical (unpaired) electrons. The number of anilines is 1. The number of amides is 1. The van der Waals surface area contributed by atoms with Crippen molar-refractivity contribution in [1.29, 1.82) is 0 Å². The third-order valence-corrected chi connectivity index (χ3v) is 3.35. The molecule has 0 aliphatic carbocycles. The van der Waals surface area contributed by atoms with Gasteiger partial charge in [0.25, 0.3) is 0 Å². The smallest absolute Gasteiger partial charge is 0.238 e. The van der Waals surface area contributed by atoms with Crippen LogP contribution in [0.15, 0.2) is 24.3 Å². The molecule has 116 valence electrons. The molecule has 5 nitrogen and oxygen atoms in total. The lowest BCUT2D eigenvalue weighted by Crippen LogP contribution is -2.35. The van der Waals surface area contributed by atoms with Crippen LogP contribution in [0.2, 0.25) is 0 Å². The molecule has 21 heavy (non-hydrogen) atoms. The molecule has 6 heteroatoms. The first-order chi connectivity index (χ1) is 9.65. The monoisotopic (exact) mass is 311 g/mol. The van der Waals surface area contributed by atoms with E-state index in [9.17, 15) is 9.59 Å². The van der Waals surface area contributed by atoms with Gasteiger partial charge in [-0.25, -0.2) is 0 Å². The number of halogens is 1. The Kier molecular flexibility index (Phi) is 7.36. The highest BCUT2D eigenvalue weighted by Gasteiger charge is 2.13. The number of benzene rings is 1. The first kappa shape index (κ1) is 17.6. The van der Waals surface area contributed by atoms with Crippen LogP contribution >= 0.6 is 12.4 Å². The molecule has 0 atom stereocenters. The van der Waals surface area contributed by atoms with Crippen LogP contribution in [-0.4, -0.2) is 49.3 Å². The van der Waals surface area contributed by atoms with E-state index < -0.39 is 0 Å². The van der Waals surface area contributed by atoms with Crippen molar-refractivity contribution in [2.45, 2.75) is 13.3 Å². The highest BCUT2D eigenvalue weighted by atomic mass is 35.5. The Morgan fingerprint density at radius 3 is 2.86 bits per heavy atom. The maximum atomic E-state index is 12.0. The summed E-state index contributed by atoms with van der Waals surface area (Å²) in [5, 5.41) is 6.16. The number of Topliss-reactive ketones (excluding diaryl/α,β-unsaturated/α-hetero) is 1. The van der Waals surface area contributed by atoms with Crippen molar-refractivity contribution >= 4 is 29.8 Å². The zero-order valence-corrected chi connectivity index (χ0v) is 13.0. The van der Waals surface area contributed by atoms with Crippen molar-refractivity contribution in [2.24, 2.45) is 0 Å². The highest BCUT2D eigenvalue weighted by Crippen LogP contribution is 2.11. The molecule has 0 unspecified atom stereocenters. The second-order valence-electron chi connectivity index (χ2n) is 5.06. The van der Waals surface area contributed by atoms with E-state index in [4.69, 9.17) is 0 Å². The number of nitrogens with one attached hydrogen (secondary N) is 2. The summed E-state index contributed by atoms with van der Waals surface area (Å²) in [6.07, 6.45) is 1.06. The number of hydrogen-bond donors (Lipinski definition) is 2. The molecule has 0 saturated carbocycles. The summed E-state index contributed by atoms with van der Waals surface area (Å²) in [6, 6.07) is 7.04. The van der Waals surface area contributed by atoms with E-state index in [0.717, 1.165) is 32.6 Å². The van der Waals surface area contributed by atoms with Crippen LogP contribution in [0.3, 0.4) is 0 Å². The summed E-state index contributed by atoms with van der Waals surface area (Å²) in [5.74, 6) is -0.0349. The van der Waals surface area contributed by atoms with Crippen molar-refractivity contribution in [2.75, 3.05) is 38.0 Å². The van der Waals surface area contributed by atoms with Crippen molar-refractivity contribution in [3.63, 3.8) is 0 Å². The highest BCUT2D eigenvalue weighted by molar-refractivity contribution is 5.97. The number of carbonyl (C=O) groups is 2. The minimum absolute atomic E-state index is 0. The minimum atomic E-state index is -0.0346. The fourth-order valence-corrected chi connectivity index (χ4v) is 2.28. The lowest BCUT2D eigenvalue weighted by Gasteiger charge is -2.18. The zero-order chi connectivity index (χ0) is 14.4. The fraction of sp³-hybridized carbons (Fsp3) is 0.467. The normalized spacial score (nSPS) is 15.7. The largest absolute Gasteiger partial charge is 0.325 e.